The number of rotatable bonds is 6. The molecule has 0 aliphatic carbocycles. The highest BCUT2D eigenvalue weighted by Crippen LogP contribution is 2.43. The molecular formula is C17H29NO3. The van der Waals surface area contributed by atoms with Crippen molar-refractivity contribution < 1.29 is 14.2 Å². The molecule has 2 atom stereocenters. The predicted octanol–water partition coefficient (Wildman–Crippen LogP) is 3.78. The summed E-state index contributed by atoms with van der Waals surface area (Å²) < 4.78 is 16.2. The lowest BCUT2D eigenvalue weighted by Crippen LogP contribution is -2.23. The van der Waals surface area contributed by atoms with Gasteiger partial charge in [-0.25, -0.2) is 0 Å². The van der Waals surface area contributed by atoms with Crippen molar-refractivity contribution in [3.8, 4) is 17.2 Å². The van der Waals surface area contributed by atoms with Gasteiger partial charge in [-0.15, -0.1) is 0 Å². The van der Waals surface area contributed by atoms with Gasteiger partial charge in [0.15, 0.2) is 11.5 Å². The van der Waals surface area contributed by atoms with Gasteiger partial charge in [-0.05, 0) is 29.9 Å². The van der Waals surface area contributed by atoms with Crippen molar-refractivity contribution in [3.63, 3.8) is 0 Å². The first-order valence-electron chi connectivity index (χ1n) is 7.30. The van der Waals surface area contributed by atoms with Crippen molar-refractivity contribution in [2.24, 2.45) is 17.1 Å². The van der Waals surface area contributed by atoms with Crippen molar-refractivity contribution >= 4 is 0 Å². The first-order chi connectivity index (χ1) is 9.76. The molecule has 0 amide bonds. The fourth-order valence-corrected chi connectivity index (χ4v) is 2.28. The Morgan fingerprint density at radius 2 is 1.57 bits per heavy atom. The van der Waals surface area contributed by atoms with Crippen molar-refractivity contribution in [1.82, 2.24) is 0 Å². The Bertz CT molecular complexity index is 466. The highest BCUT2D eigenvalue weighted by atomic mass is 16.5. The predicted molar refractivity (Wildman–Crippen MR) is 86.3 cm³/mol. The second-order valence-corrected chi connectivity index (χ2v) is 6.53. The maximum absolute atomic E-state index is 6.41. The molecule has 0 spiro atoms. The van der Waals surface area contributed by atoms with E-state index in [9.17, 15) is 0 Å². The molecule has 0 heterocycles. The number of hydrogen-bond acceptors (Lipinski definition) is 4. The summed E-state index contributed by atoms with van der Waals surface area (Å²) in [7, 11) is 4.84. The minimum Gasteiger partial charge on any atom is -0.493 e. The average Bonchev–Trinajstić information content (AvgIpc) is 2.43. The summed E-state index contributed by atoms with van der Waals surface area (Å²) in [5, 5.41) is 0. The van der Waals surface area contributed by atoms with E-state index >= 15 is 0 Å². The van der Waals surface area contributed by atoms with Crippen LogP contribution in [0.2, 0.25) is 0 Å². The maximum Gasteiger partial charge on any atom is 0.203 e. The molecule has 0 aliphatic rings. The van der Waals surface area contributed by atoms with Gasteiger partial charge in [0.25, 0.3) is 0 Å². The van der Waals surface area contributed by atoms with E-state index in [-0.39, 0.29) is 11.5 Å². The van der Waals surface area contributed by atoms with Crippen molar-refractivity contribution in [2.75, 3.05) is 21.3 Å². The molecule has 120 valence electrons. The second kappa shape index (κ2) is 7.03. The van der Waals surface area contributed by atoms with Gasteiger partial charge in [-0.2, -0.15) is 0 Å². The molecule has 1 aromatic rings. The Labute approximate surface area is 128 Å². The van der Waals surface area contributed by atoms with Crippen LogP contribution in [0.5, 0.6) is 17.2 Å². The fourth-order valence-electron chi connectivity index (χ4n) is 2.28. The third-order valence-electron chi connectivity index (χ3n) is 4.22. The van der Waals surface area contributed by atoms with Crippen LogP contribution in [-0.2, 0) is 0 Å². The quantitative estimate of drug-likeness (QED) is 0.867. The largest absolute Gasteiger partial charge is 0.493 e. The van der Waals surface area contributed by atoms with Gasteiger partial charge in [-0.1, -0.05) is 27.7 Å². The maximum atomic E-state index is 6.41. The van der Waals surface area contributed by atoms with Gasteiger partial charge in [0, 0.05) is 11.6 Å². The molecule has 1 aromatic carbocycles. The molecule has 4 nitrogen and oxygen atoms in total. The van der Waals surface area contributed by atoms with Crippen LogP contribution in [-0.4, -0.2) is 21.3 Å². The van der Waals surface area contributed by atoms with E-state index in [4.69, 9.17) is 19.9 Å². The highest BCUT2D eigenvalue weighted by Gasteiger charge is 2.26. The zero-order valence-electron chi connectivity index (χ0n) is 14.3. The van der Waals surface area contributed by atoms with E-state index in [0.29, 0.717) is 23.2 Å². The van der Waals surface area contributed by atoms with E-state index in [1.54, 1.807) is 21.3 Å². The molecule has 4 heteroatoms. The summed E-state index contributed by atoms with van der Waals surface area (Å²) in [6.45, 7) is 8.93. The van der Waals surface area contributed by atoms with Crippen LogP contribution in [0.1, 0.15) is 45.7 Å². The number of ether oxygens (including phenoxy) is 3. The van der Waals surface area contributed by atoms with Crippen molar-refractivity contribution in [2.45, 2.75) is 40.2 Å². The Hall–Kier alpha value is -1.42. The molecule has 0 aromatic heterocycles. The minimum atomic E-state index is -0.103. The van der Waals surface area contributed by atoms with E-state index in [0.717, 1.165) is 12.0 Å². The monoisotopic (exact) mass is 295 g/mol. The highest BCUT2D eigenvalue weighted by molar-refractivity contribution is 5.56. The van der Waals surface area contributed by atoms with Crippen LogP contribution in [0.4, 0.5) is 0 Å². The number of benzene rings is 1. The van der Waals surface area contributed by atoms with E-state index in [1.807, 2.05) is 12.1 Å². The number of methoxy groups -OCH3 is 3. The summed E-state index contributed by atoms with van der Waals surface area (Å²) in [6, 6.07) is 3.73. The number of nitrogens with two attached hydrogens (primary N) is 1. The summed E-state index contributed by atoms with van der Waals surface area (Å²) in [5.74, 6) is 2.39. The van der Waals surface area contributed by atoms with Crippen LogP contribution >= 0.6 is 0 Å². The number of hydrogen-bond donors (Lipinski definition) is 1. The topological polar surface area (TPSA) is 53.7 Å². The lowest BCUT2D eigenvalue weighted by molar-refractivity contribution is 0.232. The van der Waals surface area contributed by atoms with Crippen LogP contribution < -0.4 is 19.9 Å². The van der Waals surface area contributed by atoms with Gasteiger partial charge in [0.1, 0.15) is 0 Å². The molecule has 1 rings (SSSR count). The van der Waals surface area contributed by atoms with Gasteiger partial charge in [0.2, 0.25) is 5.75 Å². The van der Waals surface area contributed by atoms with E-state index < -0.39 is 0 Å². The zero-order valence-corrected chi connectivity index (χ0v) is 14.3. The Morgan fingerprint density at radius 3 is 2.00 bits per heavy atom. The molecule has 0 saturated carbocycles. The standard InChI is InChI=1S/C17H29NO3/c1-11(17(2,3)4)10-13(18)12-8-9-14(19-5)16(21-7)15(12)20-6/h8-9,11,13H,10,18H2,1-7H3. The molecule has 0 radical (unpaired) electrons. The third-order valence-corrected chi connectivity index (χ3v) is 4.22. The van der Waals surface area contributed by atoms with Gasteiger partial charge in [-0.3, -0.25) is 0 Å². The third kappa shape index (κ3) is 4.03. The molecule has 2 unspecified atom stereocenters. The molecule has 21 heavy (non-hydrogen) atoms. The summed E-state index contributed by atoms with van der Waals surface area (Å²) in [6.07, 6.45) is 0.884. The molecule has 0 saturated heterocycles. The zero-order chi connectivity index (χ0) is 16.2. The van der Waals surface area contributed by atoms with Crippen LogP contribution in [0, 0.1) is 11.3 Å². The minimum absolute atomic E-state index is 0.103. The molecule has 0 bridgehead atoms. The fraction of sp³-hybridized carbons (Fsp3) is 0.647. The van der Waals surface area contributed by atoms with E-state index in [2.05, 4.69) is 27.7 Å². The van der Waals surface area contributed by atoms with Gasteiger partial charge < -0.3 is 19.9 Å². The Morgan fingerprint density at radius 1 is 1.00 bits per heavy atom. The summed E-state index contributed by atoms with van der Waals surface area (Å²) >= 11 is 0. The van der Waals surface area contributed by atoms with Crippen molar-refractivity contribution in [1.29, 1.82) is 0 Å². The van der Waals surface area contributed by atoms with Crippen LogP contribution in [0.15, 0.2) is 12.1 Å². The second-order valence-electron chi connectivity index (χ2n) is 6.53. The SMILES string of the molecule is COc1ccc(C(N)CC(C)C(C)(C)C)c(OC)c1OC. The van der Waals surface area contributed by atoms with Crippen LogP contribution in [0.25, 0.3) is 0 Å². The molecule has 0 aliphatic heterocycles. The normalized spacial score (nSPS) is 14.5. The van der Waals surface area contributed by atoms with Crippen LogP contribution in [0.3, 0.4) is 0 Å². The lowest BCUT2D eigenvalue weighted by Gasteiger charge is -2.30. The van der Waals surface area contributed by atoms with Gasteiger partial charge in [0.05, 0.1) is 21.3 Å². The first-order valence-corrected chi connectivity index (χ1v) is 7.30. The van der Waals surface area contributed by atoms with Gasteiger partial charge >= 0.3 is 0 Å². The smallest absolute Gasteiger partial charge is 0.203 e. The molecule has 0 fully saturated rings. The Balaban J connectivity index is 3.12. The molecule has 2 N–H and O–H groups in total. The van der Waals surface area contributed by atoms with Crippen molar-refractivity contribution in [3.05, 3.63) is 17.7 Å². The Kier molecular flexibility index (Phi) is 5.90. The molecular weight excluding hydrogens is 266 g/mol. The lowest BCUT2D eigenvalue weighted by atomic mass is 9.77. The average molecular weight is 295 g/mol. The first kappa shape index (κ1) is 17.6. The summed E-state index contributed by atoms with van der Waals surface area (Å²) in [4.78, 5) is 0. The summed E-state index contributed by atoms with van der Waals surface area (Å²) in [5.41, 5.74) is 7.58. The van der Waals surface area contributed by atoms with E-state index in [1.165, 1.54) is 0 Å².